The molecule has 11 heteroatoms. The Balaban J connectivity index is 1.88. The van der Waals surface area contributed by atoms with Crippen molar-refractivity contribution < 1.29 is 24.5 Å². The minimum atomic E-state index is -2.05. The Morgan fingerprint density at radius 2 is 2.04 bits per heavy atom. The lowest BCUT2D eigenvalue weighted by Crippen LogP contribution is -2.47. The molecule has 1 aromatic heterocycles. The van der Waals surface area contributed by atoms with Crippen molar-refractivity contribution in [2.75, 3.05) is 19.0 Å². The van der Waals surface area contributed by atoms with Crippen molar-refractivity contribution >= 4 is 40.4 Å². The smallest absolute Gasteiger partial charge is 0.337 e. The number of nitrogens with zero attached hydrogens (tertiary/aromatic N) is 2. The zero-order valence-corrected chi connectivity index (χ0v) is 15.0. The fourth-order valence-corrected chi connectivity index (χ4v) is 2.93. The van der Waals surface area contributed by atoms with E-state index in [0.717, 1.165) is 29.1 Å². The third-order valence-corrected chi connectivity index (χ3v) is 4.57. The number of aliphatic hydroxyl groups is 1. The molecule has 2 aromatic rings. The van der Waals surface area contributed by atoms with Gasteiger partial charge in [0.15, 0.2) is 5.60 Å². The summed E-state index contributed by atoms with van der Waals surface area (Å²) in [5, 5.41) is 23.7. The maximum Gasteiger partial charge on any atom is 0.337 e. The number of carbonyl (C=O) groups excluding carboxylic acids is 1. The minimum Gasteiger partial charge on any atom is -0.497 e. The summed E-state index contributed by atoms with van der Waals surface area (Å²) in [6.07, 6.45) is 0. The zero-order valence-electron chi connectivity index (χ0n) is 13.3. The van der Waals surface area contributed by atoms with Gasteiger partial charge in [-0.15, -0.1) is 0 Å². The number of methoxy groups -OCH3 is 1. The van der Waals surface area contributed by atoms with Gasteiger partial charge in [0.1, 0.15) is 5.75 Å². The first-order valence-corrected chi connectivity index (χ1v) is 8.55. The van der Waals surface area contributed by atoms with Crippen LogP contribution < -0.4 is 15.4 Å². The normalized spacial score (nSPS) is 12.9. The van der Waals surface area contributed by atoms with Crippen LogP contribution in [0.2, 0.25) is 0 Å². The summed E-state index contributed by atoms with van der Waals surface area (Å²) in [5.41, 5.74) is -2.05. The molecule has 0 radical (unpaired) electrons. The summed E-state index contributed by atoms with van der Waals surface area (Å²) >= 11 is 2.31. The van der Waals surface area contributed by atoms with E-state index in [0.29, 0.717) is 5.16 Å². The number of amides is 2. The molecular weight excluding hydrogens is 368 g/mol. The number of aromatic nitrogens is 2. The fourth-order valence-electron chi connectivity index (χ4n) is 1.52. The summed E-state index contributed by atoms with van der Waals surface area (Å²) in [7, 11) is 1.59. The number of hydrogen-bond acceptors (Lipinski definition) is 8. The molecule has 1 aromatic carbocycles. The molecule has 4 N–H and O–H groups in total. The number of ether oxygens (including phenoxy) is 1. The second-order valence-corrected chi connectivity index (χ2v) is 6.84. The van der Waals surface area contributed by atoms with Crippen molar-refractivity contribution in [3.05, 3.63) is 24.3 Å². The molecule has 0 fully saturated rings. The van der Waals surface area contributed by atoms with E-state index in [1.807, 2.05) is 24.3 Å². The second kappa shape index (κ2) is 8.14. The van der Waals surface area contributed by atoms with Crippen LogP contribution in [0.3, 0.4) is 0 Å². The Bertz CT molecular complexity index is 748. The number of hydrogen-bond donors (Lipinski definition) is 4. The monoisotopic (exact) mass is 384 g/mol. The highest BCUT2D eigenvalue weighted by atomic mass is 32.2. The summed E-state index contributed by atoms with van der Waals surface area (Å²) in [6.45, 7) is 0.643. The molecule has 0 saturated carbocycles. The molecule has 2 rings (SSSR count). The molecule has 9 nitrogen and oxygen atoms in total. The van der Waals surface area contributed by atoms with Crippen LogP contribution in [-0.4, -0.2) is 50.8 Å². The van der Waals surface area contributed by atoms with Crippen LogP contribution in [0.25, 0.3) is 0 Å². The van der Waals surface area contributed by atoms with Gasteiger partial charge in [0.2, 0.25) is 10.3 Å². The Kier molecular flexibility index (Phi) is 6.17. The average molecular weight is 384 g/mol. The van der Waals surface area contributed by atoms with E-state index in [9.17, 15) is 14.7 Å². The quantitative estimate of drug-likeness (QED) is 0.566. The van der Waals surface area contributed by atoms with Crippen LogP contribution in [0.15, 0.2) is 34.3 Å². The Hall–Kier alpha value is -2.37. The lowest BCUT2D eigenvalue weighted by molar-refractivity contribution is -0.155. The van der Waals surface area contributed by atoms with Gasteiger partial charge in [0, 0.05) is 16.4 Å². The number of aliphatic carboxylic acids is 1. The number of carbonyl (C=O) groups is 2. The van der Waals surface area contributed by atoms with Crippen LogP contribution in [-0.2, 0) is 4.79 Å². The van der Waals surface area contributed by atoms with E-state index < -0.39 is 24.1 Å². The lowest BCUT2D eigenvalue weighted by atomic mass is 10.1. The van der Waals surface area contributed by atoms with Crippen molar-refractivity contribution in [1.29, 1.82) is 0 Å². The van der Waals surface area contributed by atoms with E-state index in [-0.39, 0.29) is 5.13 Å². The third kappa shape index (κ3) is 5.59. The van der Waals surface area contributed by atoms with Gasteiger partial charge in [-0.25, -0.2) is 9.59 Å². The van der Waals surface area contributed by atoms with Gasteiger partial charge in [0.25, 0.3) is 0 Å². The van der Waals surface area contributed by atoms with Crippen molar-refractivity contribution in [2.45, 2.75) is 22.6 Å². The molecule has 25 heavy (non-hydrogen) atoms. The second-order valence-electron chi connectivity index (χ2n) is 5.05. The number of nitrogens with one attached hydrogen (secondary N) is 2. The first-order chi connectivity index (χ1) is 11.8. The summed E-state index contributed by atoms with van der Waals surface area (Å²) < 4.78 is 9.20. The molecule has 1 heterocycles. The number of carboxylic acids is 1. The topological polar surface area (TPSA) is 134 Å². The molecular formula is C14H16N4O5S2. The van der Waals surface area contributed by atoms with Gasteiger partial charge in [-0.1, -0.05) is 0 Å². The largest absolute Gasteiger partial charge is 0.497 e. The highest BCUT2D eigenvalue weighted by Crippen LogP contribution is 2.28. The Morgan fingerprint density at radius 1 is 1.36 bits per heavy atom. The van der Waals surface area contributed by atoms with Gasteiger partial charge >= 0.3 is 12.0 Å². The highest BCUT2D eigenvalue weighted by molar-refractivity contribution is 7.99. The van der Waals surface area contributed by atoms with E-state index in [2.05, 4.69) is 20.0 Å². The molecule has 0 aliphatic heterocycles. The van der Waals surface area contributed by atoms with Crippen molar-refractivity contribution in [2.24, 2.45) is 0 Å². The maximum absolute atomic E-state index is 11.7. The van der Waals surface area contributed by atoms with Crippen LogP contribution in [0.5, 0.6) is 5.75 Å². The zero-order chi connectivity index (χ0) is 18.4. The summed E-state index contributed by atoms with van der Waals surface area (Å²) in [4.78, 5) is 27.5. The molecule has 0 bridgehead atoms. The Labute approximate surface area is 151 Å². The minimum absolute atomic E-state index is 0.253. The van der Waals surface area contributed by atoms with Gasteiger partial charge in [-0.05, 0) is 43.0 Å². The number of rotatable bonds is 7. The number of benzene rings is 1. The molecule has 1 atom stereocenters. The molecule has 2 amide bonds. The summed E-state index contributed by atoms with van der Waals surface area (Å²) in [6, 6.07) is 6.67. The lowest BCUT2D eigenvalue weighted by Gasteiger charge is -2.17. The van der Waals surface area contributed by atoms with Gasteiger partial charge < -0.3 is 20.3 Å². The fraction of sp³-hybridized carbons (Fsp3) is 0.286. The number of carboxylic acid groups (broad SMARTS) is 1. The van der Waals surface area contributed by atoms with Crippen LogP contribution in [0, 0.1) is 0 Å². The Morgan fingerprint density at radius 3 is 2.64 bits per heavy atom. The predicted molar refractivity (Wildman–Crippen MR) is 92.3 cm³/mol. The number of anilines is 1. The summed E-state index contributed by atoms with van der Waals surface area (Å²) in [5.74, 6) is -0.686. The van der Waals surface area contributed by atoms with E-state index in [1.54, 1.807) is 7.11 Å². The predicted octanol–water partition coefficient (Wildman–Crippen LogP) is 1.65. The molecule has 0 saturated heterocycles. The molecule has 0 aliphatic carbocycles. The van der Waals surface area contributed by atoms with Crippen molar-refractivity contribution in [3.63, 3.8) is 0 Å². The first kappa shape index (κ1) is 19.0. The van der Waals surface area contributed by atoms with E-state index in [4.69, 9.17) is 9.84 Å². The van der Waals surface area contributed by atoms with Gasteiger partial charge in [-0.2, -0.15) is 9.36 Å². The SMILES string of the molecule is COc1ccc(Sc2nsc(NC(=O)NCC(C)(O)C(=O)O)n2)cc1. The standard InChI is InChI=1S/C14H16N4O5S2/c1-14(22,10(19)20)7-15-11(21)16-12-17-13(18-25-12)24-9-5-3-8(23-2)4-6-9/h3-6,22H,7H2,1-2H3,(H,19,20)(H2,15,16,17,18,21). The van der Waals surface area contributed by atoms with Crippen molar-refractivity contribution in [1.82, 2.24) is 14.7 Å². The van der Waals surface area contributed by atoms with Crippen molar-refractivity contribution in [3.8, 4) is 5.75 Å². The number of urea groups is 1. The molecule has 134 valence electrons. The van der Waals surface area contributed by atoms with E-state index in [1.165, 1.54) is 11.8 Å². The average Bonchev–Trinajstić information content (AvgIpc) is 3.00. The van der Waals surface area contributed by atoms with Crippen LogP contribution in [0.1, 0.15) is 6.92 Å². The van der Waals surface area contributed by atoms with Gasteiger partial charge in [-0.3, -0.25) is 5.32 Å². The van der Waals surface area contributed by atoms with Crippen LogP contribution in [0.4, 0.5) is 9.93 Å². The first-order valence-electron chi connectivity index (χ1n) is 6.96. The van der Waals surface area contributed by atoms with Gasteiger partial charge in [0.05, 0.1) is 13.7 Å². The highest BCUT2D eigenvalue weighted by Gasteiger charge is 2.30. The molecule has 0 spiro atoms. The molecule has 1 unspecified atom stereocenters. The van der Waals surface area contributed by atoms with E-state index >= 15 is 0 Å². The third-order valence-electron chi connectivity index (χ3n) is 2.95. The molecule has 0 aliphatic rings. The maximum atomic E-state index is 11.7. The van der Waals surface area contributed by atoms with Crippen LogP contribution >= 0.6 is 23.3 Å².